The predicted molar refractivity (Wildman–Crippen MR) is 112 cm³/mol. The number of aromatic nitrogens is 1. The number of nitrogens with one attached hydrogen (secondary N) is 1. The Morgan fingerprint density at radius 1 is 1.07 bits per heavy atom. The fourth-order valence-electron chi connectivity index (χ4n) is 2.50. The van der Waals surface area contributed by atoms with Gasteiger partial charge in [0.2, 0.25) is 0 Å². The van der Waals surface area contributed by atoms with Crippen molar-refractivity contribution < 1.29 is 14.3 Å². The molecule has 0 fully saturated rings. The SMILES string of the molecule is Cc1nc(C)c(C(=O)O[C@H](C)C(=O)Nc2ccccc2Sc2ccccc2)s1. The molecule has 28 heavy (non-hydrogen) atoms. The molecule has 0 unspecified atom stereocenters. The van der Waals surface area contributed by atoms with Gasteiger partial charge in [-0.25, -0.2) is 9.78 Å². The van der Waals surface area contributed by atoms with Crippen LogP contribution < -0.4 is 5.32 Å². The second-order valence-corrected chi connectivity index (χ2v) is 8.41. The van der Waals surface area contributed by atoms with Gasteiger partial charge in [0.15, 0.2) is 6.10 Å². The van der Waals surface area contributed by atoms with Crippen molar-refractivity contribution in [1.82, 2.24) is 4.98 Å². The number of nitrogens with zero attached hydrogens (tertiary/aromatic N) is 1. The van der Waals surface area contributed by atoms with Crippen molar-refractivity contribution in [2.24, 2.45) is 0 Å². The zero-order valence-electron chi connectivity index (χ0n) is 15.8. The molecule has 0 spiro atoms. The summed E-state index contributed by atoms with van der Waals surface area (Å²) in [5.41, 5.74) is 1.29. The van der Waals surface area contributed by atoms with Crippen LogP contribution in [-0.2, 0) is 9.53 Å². The third-order valence-corrected chi connectivity index (χ3v) is 5.99. The van der Waals surface area contributed by atoms with Crippen molar-refractivity contribution >= 4 is 40.7 Å². The molecule has 2 aromatic carbocycles. The molecule has 0 aliphatic heterocycles. The smallest absolute Gasteiger partial charge is 0.351 e. The fraction of sp³-hybridized carbons (Fsp3) is 0.190. The van der Waals surface area contributed by atoms with E-state index in [2.05, 4.69) is 10.3 Å². The van der Waals surface area contributed by atoms with Crippen LogP contribution in [-0.4, -0.2) is 23.0 Å². The molecule has 1 amide bonds. The van der Waals surface area contributed by atoms with Crippen LogP contribution in [0, 0.1) is 13.8 Å². The first-order valence-electron chi connectivity index (χ1n) is 8.72. The molecule has 1 aromatic heterocycles. The number of thiazole rings is 1. The van der Waals surface area contributed by atoms with E-state index in [0.717, 1.165) is 14.8 Å². The minimum Gasteiger partial charge on any atom is -0.448 e. The summed E-state index contributed by atoms with van der Waals surface area (Å²) in [6.07, 6.45) is -0.927. The highest BCUT2D eigenvalue weighted by Crippen LogP contribution is 2.33. The molecular weight excluding hydrogens is 392 g/mol. The van der Waals surface area contributed by atoms with Crippen LogP contribution in [0.4, 0.5) is 5.69 Å². The molecule has 1 N–H and O–H groups in total. The summed E-state index contributed by atoms with van der Waals surface area (Å²) in [6.45, 7) is 5.14. The Hall–Kier alpha value is -2.64. The van der Waals surface area contributed by atoms with E-state index in [0.29, 0.717) is 16.3 Å². The van der Waals surface area contributed by atoms with Gasteiger partial charge in [-0.05, 0) is 45.0 Å². The Kier molecular flexibility index (Phi) is 6.49. The van der Waals surface area contributed by atoms with Crippen molar-refractivity contribution in [3.63, 3.8) is 0 Å². The monoisotopic (exact) mass is 412 g/mol. The van der Waals surface area contributed by atoms with Crippen molar-refractivity contribution in [2.75, 3.05) is 5.32 Å². The first kappa shape index (κ1) is 20.1. The van der Waals surface area contributed by atoms with Gasteiger partial charge in [0.25, 0.3) is 5.91 Å². The lowest BCUT2D eigenvalue weighted by atomic mass is 10.3. The molecular formula is C21H20N2O3S2. The van der Waals surface area contributed by atoms with Gasteiger partial charge in [0, 0.05) is 9.79 Å². The predicted octanol–water partition coefficient (Wildman–Crippen LogP) is 5.10. The van der Waals surface area contributed by atoms with E-state index in [1.807, 2.05) is 61.5 Å². The van der Waals surface area contributed by atoms with Gasteiger partial charge in [-0.2, -0.15) is 0 Å². The van der Waals surface area contributed by atoms with Crippen LogP contribution in [0.2, 0.25) is 0 Å². The minimum absolute atomic E-state index is 0.381. The molecule has 0 aliphatic carbocycles. The maximum Gasteiger partial charge on any atom is 0.351 e. The van der Waals surface area contributed by atoms with Crippen molar-refractivity contribution in [1.29, 1.82) is 0 Å². The lowest BCUT2D eigenvalue weighted by Gasteiger charge is -2.15. The quantitative estimate of drug-likeness (QED) is 0.571. The molecule has 7 heteroatoms. The highest BCUT2D eigenvalue weighted by atomic mass is 32.2. The number of rotatable bonds is 6. The van der Waals surface area contributed by atoms with E-state index in [1.165, 1.54) is 11.3 Å². The average Bonchev–Trinajstić information content (AvgIpc) is 3.02. The Bertz CT molecular complexity index is 986. The van der Waals surface area contributed by atoms with E-state index in [1.54, 1.807) is 25.6 Å². The van der Waals surface area contributed by atoms with Crippen LogP contribution in [0.5, 0.6) is 0 Å². The molecule has 1 heterocycles. The van der Waals surface area contributed by atoms with Crippen LogP contribution in [0.1, 0.15) is 27.3 Å². The number of amides is 1. The standard InChI is InChI=1S/C21H20N2O3S2/c1-13-19(27-15(3)22-13)21(25)26-14(2)20(24)23-17-11-7-8-12-18(17)28-16-9-5-4-6-10-16/h4-12,14H,1-3H3,(H,23,24)/t14-/m1/s1. The number of esters is 1. The average molecular weight is 413 g/mol. The van der Waals surface area contributed by atoms with Crippen molar-refractivity contribution in [2.45, 2.75) is 36.7 Å². The largest absolute Gasteiger partial charge is 0.448 e. The normalized spacial score (nSPS) is 11.7. The van der Waals surface area contributed by atoms with E-state index >= 15 is 0 Å². The van der Waals surface area contributed by atoms with E-state index in [-0.39, 0.29) is 5.91 Å². The number of ether oxygens (including phenoxy) is 1. The second-order valence-electron chi connectivity index (χ2n) is 6.10. The molecule has 0 bridgehead atoms. The third kappa shape index (κ3) is 4.99. The van der Waals surface area contributed by atoms with Gasteiger partial charge in [0.1, 0.15) is 4.88 Å². The first-order chi connectivity index (χ1) is 13.4. The van der Waals surface area contributed by atoms with Crippen LogP contribution >= 0.6 is 23.1 Å². The maximum atomic E-state index is 12.6. The topological polar surface area (TPSA) is 68.3 Å². The summed E-state index contributed by atoms with van der Waals surface area (Å²) in [6, 6.07) is 17.4. The minimum atomic E-state index is -0.927. The zero-order chi connectivity index (χ0) is 20.1. The number of benzene rings is 2. The first-order valence-corrected chi connectivity index (χ1v) is 10.3. The number of hydrogen-bond donors (Lipinski definition) is 1. The molecule has 1 atom stereocenters. The van der Waals surface area contributed by atoms with Crippen molar-refractivity contribution in [3.05, 3.63) is 70.2 Å². The van der Waals surface area contributed by atoms with Gasteiger partial charge in [-0.3, -0.25) is 4.79 Å². The summed E-state index contributed by atoms with van der Waals surface area (Å²) in [4.78, 5) is 31.5. The highest BCUT2D eigenvalue weighted by molar-refractivity contribution is 7.99. The van der Waals surface area contributed by atoms with Crippen LogP contribution in [0.3, 0.4) is 0 Å². The molecule has 3 rings (SSSR count). The Balaban J connectivity index is 1.67. The number of anilines is 1. The fourth-order valence-corrected chi connectivity index (χ4v) is 4.22. The van der Waals surface area contributed by atoms with Gasteiger partial charge in [-0.15, -0.1) is 11.3 Å². The maximum absolute atomic E-state index is 12.6. The number of para-hydroxylation sites is 1. The van der Waals surface area contributed by atoms with Crippen LogP contribution in [0.25, 0.3) is 0 Å². The van der Waals surface area contributed by atoms with Gasteiger partial charge >= 0.3 is 5.97 Å². The molecule has 0 radical (unpaired) electrons. The molecule has 144 valence electrons. The van der Waals surface area contributed by atoms with Crippen LogP contribution in [0.15, 0.2) is 64.4 Å². The highest BCUT2D eigenvalue weighted by Gasteiger charge is 2.22. The van der Waals surface area contributed by atoms with Gasteiger partial charge in [0.05, 0.1) is 16.4 Å². The van der Waals surface area contributed by atoms with E-state index in [9.17, 15) is 9.59 Å². The molecule has 3 aromatic rings. The zero-order valence-corrected chi connectivity index (χ0v) is 17.4. The molecule has 0 aliphatic rings. The Morgan fingerprint density at radius 3 is 2.43 bits per heavy atom. The summed E-state index contributed by atoms with van der Waals surface area (Å²) in [7, 11) is 0. The number of carbonyl (C=O) groups excluding carboxylic acids is 2. The van der Waals surface area contributed by atoms with Crippen molar-refractivity contribution in [3.8, 4) is 0 Å². The van der Waals surface area contributed by atoms with E-state index in [4.69, 9.17) is 4.74 Å². The second kappa shape index (κ2) is 9.03. The third-order valence-electron chi connectivity index (χ3n) is 3.86. The lowest BCUT2D eigenvalue weighted by Crippen LogP contribution is -2.30. The summed E-state index contributed by atoms with van der Waals surface area (Å²) in [5.74, 6) is -0.911. The summed E-state index contributed by atoms with van der Waals surface area (Å²) < 4.78 is 5.34. The Morgan fingerprint density at radius 2 is 1.75 bits per heavy atom. The van der Waals surface area contributed by atoms with Gasteiger partial charge < -0.3 is 10.1 Å². The Labute approximate surface area is 172 Å². The summed E-state index contributed by atoms with van der Waals surface area (Å²) in [5, 5.41) is 3.64. The lowest BCUT2D eigenvalue weighted by molar-refractivity contribution is -0.123. The number of carbonyl (C=O) groups is 2. The summed E-state index contributed by atoms with van der Waals surface area (Å²) >= 11 is 2.82. The number of hydrogen-bond acceptors (Lipinski definition) is 6. The molecule has 0 saturated carbocycles. The van der Waals surface area contributed by atoms with Gasteiger partial charge in [-0.1, -0.05) is 42.1 Å². The molecule has 0 saturated heterocycles. The number of aryl methyl sites for hydroxylation is 2. The molecule has 5 nitrogen and oxygen atoms in total. The van der Waals surface area contributed by atoms with E-state index < -0.39 is 12.1 Å².